The highest BCUT2D eigenvalue weighted by Crippen LogP contribution is 2.35. The van der Waals surface area contributed by atoms with Gasteiger partial charge in [-0.2, -0.15) is 0 Å². The maximum atomic E-state index is 13.3. The van der Waals surface area contributed by atoms with Crippen LogP contribution >= 0.6 is 11.6 Å². The number of anilines is 1. The summed E-state index contributed by atoms with van der Waals surface area (Å²) in [5.41, 5.74) is 2.39. The molecule has 4 rings (SSSR count). The third-order valence-electron chi connectivity index (χ3n) is 5.13. The number of hydrogen-bond acceptors (Lipinski definition) is 5. The molecule has 0 saturated heterocycles. The highest BCUT2D eigenvalue weighted by atomic mass is 35.5. The molecule has 0 atom stereocenters. The van der Waals surface area contributed by atoms with Gasteiger partial charge in [-0.3, -0.25) is 4.31 Å². The highest BCUT2D eigenvalue weighted by Gasteiger charge is 2.32. The van der Waals surface area contributed by atoms with Gasteiger partial charge >= 0.3 is 5.97 Å². The number of hydrogen-bond donors (Lipinski definition) is 0. The second kappa shape index (κ2) is 8.61. The lowest BCUT2D eigenvalue weighted by Gasteiger charge is -2.20. The van der Waals surface area contributed by atoms with Crippen LogP contribution in [0.25, 0.3) is 0 Å². The van der Waals surface area contributed by atoms with Gasteiger partial charge in [-0.05, 0) is 42.3 Å². The van der Waals surface area contributed by atoms with E-state index in [2.05, 4.69) is 0 Å². The van der Waals surface area contributed by atoms with Crippen LogP contribution in [0.2, 0.25) is 5.02 Å². The summed E-state index contributed by atoms with van der Waals surface area (Å²) >= 11 is 6.23. The van der Waals surface area contributed by atoms with Gasteiger partial charge in [-0.15, -0.1) is 0 Å². The monoisotopic (exact) mass is 457 g/mol. The molecule has 0 saturated carbocycles. The summed E-state index contributed by atoms with van der Waals surface area (Å²) in [6.07, 6.45) is 0.619. The predicted octanol–water partition coefficient (Wildman–Crippen LogP) is 4.46. The second-order valence-electron chi connectivity index (χ2n) is 6.99. The van der Waals surface area contributed by atoms with Crippen LogP contribution in [0.4, 0.5) is 5.69 Å². The topological polar surface area (TPSA) is 72.9 Å². The van der Waals surface area contributed by atoms with E-state index in [-0.39, 0.29) is 22.1 Å². The molecule has 0 radical (unpaired) electrons. The van der Waals surface area contributed by atoms with E-state index < -0.39 is 16.0 Å². The minimum Gasteiger partial charge on any atom is -0.496 e. The van der Waals surface area contributed by atoms with Crippen LogP contribution in [0, 0.1) is 0 Å². The summed E-state index contributed by atoms with van der Waals surface area (Å²) in [5.74, 6) is -0.0526. The lowest BCUT2D eigenvalue weighted by Crippen LogP contribution is -2.29. The molecule has 0 bridgehead atoms. The summed E-state index contributed by atoms with van der Waals surface area (Å²) in [5, 5.41) is 0.0469. The Balaban J connectivity index is 1.59. The first kappa shape index (κ1) is 21.2. The van der Waals surface area contributed by atoms with Crippen molar-refractivity contribution in [3.63, 3.8) is 0 Å². The van der Waals surface area contributed by atoms with Gasteiger partial charge in [0, 0.05) is 12.1 Å². The number of nitrogens with zero attached hydrogens (tertiary/aromatic N) is 1. The molecule has 0 spiro atoms. The van der Waals surface area contributed by atoms with Crippen LogP contribution in [-0.4, -0.2) is 28.0 Å². The van der Waals surface area contributed by atoms with Crippen LogP contribution in [0.1, 0.15) is 21.5 Å². The van der Waals surface area contributed by atoms with E-state index in [4.69, 9.17) is 21.1 Å². The number of ether oxygens (including phenoxy) is 2. The minimum atomic E-state index is -3.94. The number of para-hydroxylation sites is 2. The zero-order valence-electron chi connectivity index (χ0n) is 16.7. The van der Waals surface area contributed by atoms with Gasteiger partial charge in [0.2, 0.25) is 0 Å². The fourth-order valence-electron chi connectivity index (χ4n) is 3.55. The molecule has 3 aromatic rings. The lowest BCUT2D eigenvalue weighted by atomic mass is 10.2. The molecule has 8 heteroatoms. The van der Waals surface area contributed by atoms with E-state index in [1.54, 1.807) is 24.3 Å². The maximum absolute atomic E-state index is 13.3. The third-order valence-corrected chi connectivity index (χ3v) is 7.43. The van der Waals surface area contributed by atoms with Crippen molar-refractivity contribution in [3.8, 4) is 5.75 Å². The van der Waals surface area contributed by atoms with E-state index in [0.29, 0.717) is 30.0 Å². The fraction of sp³-hybridized carbons (Fsp3) is 0.174. The van der Waals surface area contributed by atoms with Gasteiger partial charge in [0.15, 0.2) is 0 Å². The Labute approximate surface area is 186 Å². The smallest absolute Gasteiger partial charge is 0.338 e. The van der Waals surface area contributed by atoms with Crippen LogP contribution in [0.15, 0.2) is 71.6 Å². The largest absolute Gasteiger partial charge is 0.496 e. The molecule has 0 aromatic heterocycles. The molecule has 0 amide bonds. The minimum absolute atomic E-state index is 0.00689. The van der Waals surface area contributed by atoms with Crippen molar-refractivity contribution in [2.24, 2.45) is 0 Å². The molecule has 0 unspecified atom stereocenters. The molecule has 0 N–H and O–H groups in total. The molecule has 1 aliphatic heterocycles. The van der Waals surface area contributed by atoms with E-state index in [9.17, 15) is 13.2 Å². The SMILES string of the molecule is COc1ccccc1COC(=O)c1ccc(Cl)c(S(=O)(=O)N2CCc3ccccc32)c1. The van der Waals surface area contributed by atoms with Crippen molar-refractivity contribution in [3.05, 3.63) is 88.4 Å². The van der Waals surface area contributed by atoms with Crippen molar-refractivity contribution >= 4 is 33.3 Å². The Hall–Kier alpha value is -3.03. The molecule has 3 aromatic carbocycles. The van der Waals surface area contributed by atoms with E-state index in [1.165, 1.54) is 29.6 Å². The summed E-state index contributed by atoms with van der Waals surface area (Å²) in [6, 6.07) is 18.6. The zero-order valence-corrected chi connectivity index (χ0v) is 18.3. The van der Waals surface area contributed by atoms with E-state index >= 15 is 0 Å². The zero-order chi connectivity index (χ0) is 22.0. The summed E-state index contributed by atoms with van der Waals surface area (Å²) in [4.78, 5) is 12.5. The highest BCUT2D eigenvalue weighted by molar-refractivity contribution is 7.93. The Morgan fingerprint density at radius 1 is 1.06 bits per heavy atom. The molecule has 0 aliphatic carbocycles. The van der Waals surface area contributed by atoms with Crippen molar-refractivity contribution < 1.29 is 22.7 Å². The second-order valence-corrected chi connectivity index (χ2v) is 9.23. The van der Waals surface area contributed by atoms with Crippen molar-refractivity contribution in [1.29, 1.82) is 0 Å². The Kier molecular flexibility index (Phi) is 5.89. The van der Waals surface area contributed by atoms with Crippen molar-refractivity contribution in [2.45, 2.75) is 17.9 Å². The number of esters is 1. The van der Waals surface area contributed by atoms with Crippen LogP contribution in [0.3, 0.4) is 0 Å². The number of methoxy groups -OCH3 is 1. The first-order chi connectivity index (χ1) is 14.9. The number of carbonyl (C=O) groups is 1. The van der Waals surface area contributed by atoms with Gasteiger partial charge in [0.1, 0.15) is 17.3 Å². The van der Waals surface area contributed by atoms with Crippen molar-refractivity contribution in [2.75, 3.05) is 18.0 Å². The van der Waals surface area contributed by atoms with Crippen molar-refractivity contribution in [1.82, 2.24) is 0 Å². The summed E-state index contributed by atoms with van der Waals surface area (Å²) in [6.45, 7) is 0.313. The quantitative estimate of drug-likeness (QED) is 0.511. The summed E-state index contributed by atoms with van der Waals surface area (Å²) in [7, 11) is -2.41. The number of sulfonamides is 1. The molecule has 0 fully saturated rings. The van der Waals surface area contributed by atoms with Gasteiger partial charge in [0.25, 0.3) is 10.0 Å². The van der Waals surface area contributed by atoms with Gasteiger partial charge < -0.3 is 9.47 Å². The van der Waals surface area contributed by atoms with E-state index in [1.807, 2.05) is 24.3 Å². The Morgan fingerprint density at radius 3 is 2.61 bits per heavy atom. The van der Waals surface area contributed by atoms with E-state index in [0.717, 1.165) is 5.56 Å². The number of carbonyl (C=O) groups excluding carboxylic acids is 1. The number of benzene rings is 3. The predicted molar refractivity (Wildman–Crippen MR) is 118 cm³/mol. The molecule has 1 heterocycles. The fourth-order valence-corrected chi connectivity index (χ4v) is 5.56. The number of fused-ring (bicyclic) bond motifs is 1. The van der Waals surface area contributed by atoms with Crippen LogP contribution in [-0.2, 0) is 27.8 Å². The number of halogens is 1. The average Bonchev–Trinajstić information content (AvgIpc) is 3.23. The molecule has 160 valence electrons. The normalized spacial score (nSPS) is 13.0. The first-order valence-electron chi connectivity index (χ1n) is 9.61. The van der Waals surface area contributed by atoms with Gasteiger partial charge in [-0.25, -0.2) is 13.2 Å². The molecule has 1 aliphatic rings. The lowest BCUT2D eigenvalue weighted by molar-refractivity contribution is 0.0470. The van der Waals surface area contributed by atoms with Gasteiger partial charge in [0.05, 0.1) is 23.4 Å². The first-order valence-corrected chi connectivity index (χ1v) is 11.4. The Morgan fingerprint density at radius 2 is 1.81 bits per heavy atom. The third kappa shape index (κ3) is 4.11. The molecular weight excluding hydrogens is 438 g/mol. The van der Waals surface area contributed by atoms with Gasteiger partial charge in [-0.1, -0.05) is 48.0 Å². The Bertz CT molecular complexity index is 1240. The molecule has 31 heavy (non-hydrogen) atoms. The maximum Gasteiger partial charge on any atom is 0.338 e. The number of rotatable bonds is 6. The molecule has 6 nitrogen and oxygen atoms in total. The van der Waals surface area contributed by atoms with Crippen LogP contribution in [0.5, 0.6) is 5.75 Å². The molecular formula is C23H20ClNO5S. The standard InChI is InChI=1S/C23H20ClNO5S/c1-29-21-9-5-3-7-18(21)15-30-23(26)17-10-11-19(24)22(14-17)31(27,28)25-13-12-16-6-2-4-8-20(16)25/h2-11,14H,12-13,15H2,1H3. The average molecular weight is 458 g/mol. The summed E-state index contributed by atoms with van der Waals surface area (Å²) < 4.78 is 38.6. The van der Waals surface area contributed by atoms with Crippen LogP contribution < -0.4 is 9.04 Å².